The SMILES string of the molecule is C#CC[C@@H](CCC)N([C@H](C=C)OCCCCC)S(=O)(=O)c1ccc(C)cc1. The summed E-state index contributed by atoms with van der Waals surface area (Å²) in [7, 11) is -3.77. The molecule has 0 aromatic heterocycles. The van der Waals surface area contributed by atoms with Gasteiger partial charge in [-0.25, -0.2) is 8.42 Å². The van der Waals surface area contributed by atoms with Crippen molar-refractivity contribution in [3.05, 3.63) is 42.5 Å². The molecule has 0 radical (unpaired) electrons. The van der Waals surface area contributed by atoms with Gasteiger partial charge in [0, 0.05) is 19.1 Å². The molecule has 0 amide bonds. The summed E-state index contributed by atoms with van der Waals surface area (Å²) in [6, 6.07) is 6.53. The molecule has 0 saturated carbocycles. The first-order valence-electron chi connectivity index (χ1n) is 9.70. The Hall–Kier alpha value is -1.61. The van der Waals surface area contributed by atoms with E-state index in [0.717, 1.165) is 31.2 Å². The molecule has 0 N–H and O–H groups in total. The van der Waals surface area contributed by atoms with Crippen LogP contribution in [0.15, 0.2) is 41.8 Å². The van der Waals surface area contributed by atoms with Crippen LogP contribution in [0.2, 0.25) is 0 Å². The highest BCUT2D eigenvalue weighted by molar-refractivity contribution is 7.89. The van der Waals surface area contributed by atoms with E-state index in [1.54, 1.807) is 30.3 Å². The summed E-state index contributed by atoms with van der Waals surface area (Å²) < 4.78 is 34.2. The smallest absolute Gasteiger partial charge is 0.245 e. The first-order valence-corrected chi connectivity index (χ1v) is 11.1. The minimum atomic E-state index is -3.77. The van der Waals surface area contributed by atoms with Crippen LogP contribution in [0.4, 0.5) is 0 Å². The molecule has 150 valence electrons. The number of hydrogen-bond donors (Lipinski definition) is 0. The maximum Gasteiger partial charge on any atom is 0.245 e. The van der Waals surface area contributed by atoms with Crippen molar-refractivity contribution in [2.24, 2.45) is 0 Å². The van der Waals surface area contributed by atoms with Gasteiger partial charge in [-0.1, -0.05) is 57.4 Å². The third kappa shape index (κ3) is 6.80. The fraction of sp³-hybridized carbons (Fsp3) is 0.545. The molecule has 0 fully saturated rings. The number of ether oxygens (including phenoxy) is 1. The molecule has 0 spiro atoms. The van der Waals surface area contributed by atoms with E-state index in [2.05, 4.69) is 19.4 Å². The fourth-order valence-electron chi connectivity index (χ4n) is 2.96. The van der Waals surface area contributed by atoms with Gasteiger partial charge in [-0.2, -0.15) is 4.31 Å². The van der Waals surface area contributed by atoms with E-state index >= 15 is 0 Å². The molecule has 0 bridgehead atoms. The van der Waals surface area contributed by atoms with Gasteiger partial charge in [0.15, 0.2) is 0 Å². The summed E-state index contributed by atoms with van der Waals surface area (Å²) in [6.07, 6.45) is 11.2. The number of rotatable bonds is 13. The zero-order chi connectivity index (χ0) is 20.3. The van der Waals surface area contributed by atoms with Gasteiger partial charge in [0.25, 0.3) is 0 Å². The van der Waals surface area contributed by atoms with Crippen molar-refractivity contribution in [1.82, 2.24) is 4.31 Å². The predicted molar refractivity (Wildman–Crippen MR) is 112 cm³/mol. The maximum absolute atomic E-state index is 13.5. The Kier molecular flexibility index (Phi) is 10.4. The first kappa shape index (κ1) is 23.4. The lowest BCUT2D eigenvalue weighted by Gasteiger charge is -2.34. The van der Waals surface area contributed by atoms with Crippen LogP contribution in [0, 0.1) is 19.3 Å². The van der Waals surface area contributed by atoms with Crippen LogP contribution < -0.4 is 0 Å². The molecule has 0 aliphatic rings. The standard InChI is InChI=1S/C22H33NO3S/c1-6-10-11-18-26-22(9-4)23(20(12-7-2)13-8-3)27(24,25)21-16-14-19(5)15-17-21/h2,9,14-17,20,22H,4,6,8,10-13,18H2,1,3,5H3/t20-,22-/m0/s1. The van der Waals surface area contributed by atoms with Crippen molar-refractivity contribution in [3.63, 3.8) is 0 Å². The second-order valence-electron chi connectivity index (χ2n) is 6.70. The van der Waals surface area contributed by atoms with Gasteiger partial charge >= 0.3 is 0 Å². The van der Waals surface area contributed by atoms with Crippen LogP contribution >= 0.6 is 0 Å². The third-order valence-corrected chi connectivity index (χ3v) is 6.35. The first-order chi connectivity index (χ1) is 12.9. The van der Waals surface area contributed by atoms with E-state index in [9.17, 15) is 8.42 Å². The van der Waals surface area contributed by atoms with Crippen molar-refractivity contribution >= 4 is 10.0 Å². The van der Waals surface area contributed by atoms with E-state index < -0.39 is 16.3 Å². The van der Waals surface area contributed by atoms with Gasteiger partial charge in [0.2, 0.25) is 10.0 Å². The summed E-state index contributed by atoms with van der Waals surface area (Å²) in [5, 5.41) is 0. The Bertz CT molecular complexity index is 704. The van der Waals surface area contributed by atoms with Crippen LogP contribution in [0.5, 0.6) is 0 Å². The van der Waals surface area contributed by atoms with Gasteiger partial charge in [-0.15, -0.1) is 12.3 Å². The summed E-state index contributed by atoms with van der Waals surface area (Å²) in [6.45, 7) is 10.4. The van der Waals surface area contributed by atoms with Crippen molar-refractivity contribution < 1.29 is 13.2 Å². The van der Waals surface area contributed by atoms with Crippen molar-refractivity contribution in [2.45, 2.75) is 76.5 Å². The molecule has 2 atom stereocenters. The molecule has 1 rings (SSSR count). The van der Waals surface area contributed by atoms with Crippen LogP contribution in [0.1, 0.15) is 57.9 Å². The molecule has 1 aromatic carbocycles. The normalized spacial score (nSPS) is 13.9. The third-order valence-electron chi connectivity index (χ3n) is 4.42. The number of nitrogens with zero attached hydrogens (tertiary/aromatic N) is 1. The topological polar surface area (TPSA) is 46.6 Å². The van der Waals surface area contributed by atoms with Crippen molar-refractivity contribution in [2.75, 3.05) is 6.61 Å². The summed E-state index contributed by atoms with van der Waals surface area (Å²) in [4.78, 5) is 0.246. The summed E-state index contributed by atoms with van der Waals surface area (Å²) in [5.74, 6) is 2.63. The van der Waals surface area contributed by atoms with E-state index in [1.807, 2.05) is 13.8 Å². The second-order valence-corrected chi connectivity index (χ2v) is 8.55. The Labute approximate surface area is 165 Å². The molecule has 27 heavy (non-hydrogen) atoms. The molecule has 0 saturated heterocycles. The summed E-state index contributed by atoms with van der Waals surface area (Å²) >= 11 is 0. The highest BCUT2D eigenvalue weighted by Gasteiger charge is 2.36. The van der Waals surface area contributed by atoms with Gasteiger partial charge in [0.05, 0.1) is 4.90 Å². The lowest BCUT2D eigenvalue weighted by Crippen LogP contribution is -2.47. The largest absolute Gasteiger partial charge is 0.358 e. The number of benzene rings is 1. The number of terminal acetylenes is 1. The molecule has 0 unspecified atom stereocenters. The Balaban J connectivity index is 3.27. The van der Waals surface area contributed by atoms with Crippen LogP contribution in [-0.2, 0) is 14.8 Å². The van der Waals surface area contributed by atoms with Crippen LogP contribution in [0.3, 0.4) is 0 Å². The molecule has 4 nitrogen and oxygen atoms in total. The van der Waals surface area contributed by atoms with Crippen molar-refractivity contribution in [1.29, 1.82) is 0 Å². The van der Waals surface area contributed by atoms with Gasteiger partial charge in [-0.05, 0) is 38.0 Å². The predicted octanol–water partition coefficient (Wildman–Crippen LogP) is 4.90. The lowest BCUT2D eigenvalue weighted by molar-refractivity contribution is -0.00451. The zero-order valence-electron chi connectivity index (χ0n) is 16.9. The number of hydrogen-bond acceptors (Lipinski definition) is 3. The van der Waals surface area contributed by atoms with E-state index in [-0.39, 0.29) is 10.9 Å². The van der Waals surface area contributed by atoms with Gasteiger partial charge in [-0.3, -0.25) is 0 Å². The minimum absolute atomic E-state index is 0.246. The summed E-state index contributed by atoms with van der Waals surface area (Å²) in [5.41, 5.74) is 1.00. The van der Waals surface area contributed by atoms with Crippen LogP contribution in [0.25, 0.3) is 0 Å². The van der Waals surface area contributed by atoms with Crippen molar-refractivity contribution in [3.8, 4) is 12.3 Å². The Morgan fingerprint density at radius 3 is 2.41 bits per heavy atom. The molecule has 1 aromatic rings. The zero-order valence-corrected chi connectivity index (χ0v) is 17.7. The highest BCUT2D eigenvalue weighted by atomic mass is 32.2. The Morgan fingerprint density at radius 1 is 1.22 bits per heavy atom. The molecular formula is C22H33NO3S. The van der Waals surface area contributed by atoms with Gasteiger partial charge < -0.3 is 4.74 Å². The minimum Gasteiger partial charge on any atom is -0.358 e. The fourth-order valence-corrected chi connectivity index (χ4v) is 4.68. The number of sulfonamides is 1. The molecule has 0 aliphatic heterocycles. The monoisotopic (exact) mass is 391 g/mol. The number of unbranched alkanes of at least 4 members (excludes halogenated alkanes) is 2. The van der Waals surface area contributed by atoms with Gasteiger partial charge in [0.1, 0.15) is 6.23 Å². The molecule has 5 heteroatoms. The molecule has 0 heterocycles. The average molecular weight is 392 g/mol. The molecule has 0 aliphatic carbocycles. The van der Waals surface area contributed by atoms with E-state index in [4.69, 9.17) is 11.2 Å². The number of aryl methyl sites for hydroxylation is 1. The quantitative estimate of drug-likeness (QED) is 0.208. The lowest BCUT2D eigenvalue weighted by atomic mass is 10.1. The maximum atomic E-state index is 13.5. The van der Waals surface area contributed by atoms with E-state index in [1.165, 1.54) is 4.31 Å². The highest BCUT2D eigenvalue weighted by Crippen LogP contribution is 2.26. The van der Waals surface area contributed by atoms with E-state index in [0.29, 0.717) is 19.4 Å². The second kappa shape index (κ2) is 12.0. The molecular weight excluding hydrogens is 358 g/mol. The Morgan fingerprint density at radius 2 is 1.89 bits per heavy atom. The van der Waals surface area contributed by atoms with Crippen LogP contribution in [-0.4, -0.2) is 31.6 Å². The average Bonchev–Trinajstić information content (AvgIpc) is 2.64.